The zero-order valence-corrected chi connectivity index (χ0v) is 11.5. The number of benzene rings is 1. The molecule has 0 aliphatic carbocycles. The molecule has 1 heterocycles. The number of nitrogens with one attached hydrogen (secondary N) is 2. The van der Waals surface area contributed by atoms with Gasteiger partial charge in [0.2, 0.25) is 11.8 Å². The van der Waals surface area contributed by atoms with E-state index < -0.39 is 6.04 Å². The highest BCUT2D eigenvalue weighted by molar-refractivity contribution is 6.31. The standard InChI is InChI=1S/C13H15ClN2O3/c1-7-5-10(11(19-2)6-8(7)14)16-13(18)9-3-4-12(17)15-9/h5-6,9H,3-4H2,1-2H3,(H,15,17)(H,16,18)/t9-/m1/s1. The number of hydrogen-bond acceptors (Lipinski definition) is 3. The van der Waals surface area contributed by atoms with Crippen molar-refractivity contribution < 1.29 is 14.3 Å². The molecule has 1 aromatic rings. The van der Waals surface area contributed by atoms with Crippen molar-refractivity contribution >= 4 is 29.1 Å². The van der Waals surface area contributed by atoms with Crippen LogP contribution in [0.1, 0.15) is 18.4 Å². The van der Waals surface area contributed by atoms with Crippen LogP contribution in [0.2, 0.25) is 5.02 Å². The lowest BCUT2D eigenvalue weighted by Gasteiger charge is -2.15. The topological polar surface area (TPSA) is 67.4 Å². The van der Waals surface area contributed by atoms with Crippen molar-refractivity contribution in [3.8, 4) is 5.75 Å². The van der Waals surface area contributed by atoms with Gasteiger partial charge in [0, 0.05) is 17.5 Å². The number of ether oxygens (including phenoxy) is 1. The van der Waals surface area contributed by atoms with Gasteiger partial charge in [0.1, 0.15) is 11.8 Å². The summed E-state index contributed by atoms with van der Waals surface area (Å²) in [6.45, 7) is 1.84. The first-order valence-corrected chi connectivity index (χ1v) is 6.33. The number of methoxy groups -OCH3 is 1. The molecule has 5 nitrogen and oxygen atoms in total. The summed E-state index contributed by atoms with van der Waals surface area (Å²) >= 11 is 6.00. The molecule has 1 aromatic carbocycles. The van der Waals surface area contributed by atoms with Gasteiger partial charge in [-0.15, -0.1) is 0 Å². The van der Waals surface area contributed by atoms with E-state index in [0.29, 0.717) is 29.3 Å². The number of halogens is 1. The van der Waals surface area contributed by atoms with E-state index >= 15 is 0 Å². The lowest BCUT2D eigenvalue weighted by molar-refractivity contribution is -0.122. The van der Waals surface area contributed by atoms with Crippen LogP contribution < -0.4 is 15.4 Å². The van der Waals surface area contributed by atoms with E-state index in [2.05, 4.69) is 10.6 Å². The summed E-state index contributed by atoms with van der Waals surface area (Å²) in [5.74, 6) is 0.151. The SMILES string of the molecule is COc1cc(Cl)c(C)cc1NC(=O)[C@H]1CCC(=O)N1. The zero-order chi connectivity index (χ0) is 14.0. The van der Waals surface area contributed by atoms with Crippen molar-refractivity contribution in [2.24, 2.45) is 0 Å². The third-order valence-electron chi connectivity index (χ3n) is 3.05. The van der Waals surface area contributed by atoms with Gasteiger partial charge < -0.3 is 15.4 Å². The normalized spacial score (nSPS) is 18.1. The van der Waals surface area contributed by atoms with E-state index in [1.54, 1.807) is 12.1 Å². The van der Waals surface area contributed by atoms with E-state index in [4.69, 9.17) is 16.3 Å². The maximum Gasteiger partial charge on any atom is 0.247 e. The lowest BCUT2D eigenvalue weighted by atomic mass is 10.1. The summed E-state index contributed by atoms with van der Waals surface area (Å²) in [6.07, 6.45) is 0.897. The van der Waals surface area contributed by atoms with Crippen LogP contribution in [0.15, 0.2) is 12.1 Å². The Balaban J connectivity index is 2.16. The van der Waals surface area contributed by atoms with Crippen molar-refractivity contribution in [1.29, 1.82) is 0 Å². The monoisotopic (exact) mass is 282 g/mol. The summed E-state index contributed by atoms with van der Waals surface area (Å²) in [4.78, 5) is 23.1. The predicted molar refractivity (Wildman–Crippen MR) is 72.5 cm³/mol. The molecule has 0 unspecified atom stereocenters. The molecular weight excluding hydrogens is 268 g/mol. The number of amides is 2. The summed E-state index contributed by atoms with van der Waals surface area (Å²) in [5, 5.41) is 5.95. The molecule has 2 amide bonds. The molecule has 0 radical (unpaired) electrons. The molecule has 0 bridgehead atoms. The predicted octanol–water partition coefficient (Wildman–Crippen LogP) is 1.87. The van der Waals surface area contributed by atoms with Crippen molar-refractivity contribution in [3.63, 3.8) is 0 Å². The van der Waals surface area contributed by atoms with Gasteiger partial charge in [0.05, 0.1) is 12.8 Å². The first-order valence-electron chi connectivity index (χ1n) is 5.95. The van der Waals surface area contributed by atoms with Gasteiger partial charge in [-0.25, -0.2) is 0 Å². The van der Waals surface area contributed by atoms with E-state index in [9.17, 15) is 9.59 Å². The second kappa shape index (κ2) is 5.48. The highest BCUT2D eigenvalue weighted by atomic mass is 35.5. The zero-order valence-electron chi connectivity index (χ0n) is 10.7. The van der Waals surface area contributed by atoms with Crippen molar-refractivity contribution in [1.82, 2.24) is 5.32 Å². The van der Waals surface area contributed by atoms with Gasteiger partial charge in [-0.3, -0.25) is 9.59 Å². The maximum absolute atomic E-state index is 12.0. The lowest BCUT2D eigenvalue weighted by Crippen LogP contribution is -2.37. The van der Waals surface area contributed by atoms with E-state index in [1.165, 1.54) is 7.11 Å². The van der Waals surface area contributed by atoms with E-state index in [1.807, 2.05) is 6.92 Å². The van der Waals surface area contributed by atoms with Gasteiger partial charge >= 0.3 is 0 Å². The Morgan fingerprint density at radius 2 is 2.26 bits per heavy atom. The molecule has 0 saturated carbocycles. The molecule has 2 rings (SSSR count). The maximum atomic E-state index is 12.0. The van der Waals surface area contributed by atoms with E-state index in [-0.39, 0.29) is 11.8 Å². The summed E-state index contributed by atoms with van der Waals surface area (Å²) in [7, 11) is 1.51. The molecular formula is C13H15ClN2O3. The molecule has 2 N–H and O–H groups in total. The first kappa shape index (κ1) is 13.7. The summed E-state index contributed by atoms with van der Waals surface area (Å²) < 4.78 is 5.18. The molecule has 0 spiro atoms. The number of hydrogen-bond donors (Lipinski definition) is 2. The van der Waals surface area contributed by atoms with Crippen LogP contribution in [0.25, 0.3) is 0 Å². The van der Waals surface area contributed by atoms with Crippen LogP contribution in [0.4, 0.5) is 5.69 Å². The van der Waals surface area contributed by atoms with Gasteiger partial charge in [-0.2, -0.15) is 0 Å². The van der Waals surface area contributed by atoms with E-state index in [0.717, 1.165) is 5.56 Å². The average Bonchev–Trinajstić information content (AvgIpc) is 2.80. The van der Waals surface area contributed by atoms with Crippen molar-refractivity contribution in [2.45, 2.75) is 25.8 Å². The number of carbonyl (C=O) groups excluding carboxylic acids is 2. The Morgan fingerprint density at radius 1 is 1.53 bits per heavy atom. The number of anilines is 1. The van der Waals surface area contributed by atoms with Crippen LogP contribution in [-0.2, 0) is 9.59 Å². The minimum Gasteiger partial charge on any atom is -0.495 e. The van der Waals surface area contributed by atoms with Crippen LogP contribution in [-0.4, -0.2) is 25.0 Å². The smallest absolute Gasteiger partial charge is 0.247 e. The Morgan fingerprint density at radius 3 is 2.84 bits per heavy atom. The molecule has 1 aliphatic rings. The molecule has 0 aromatic heterocycles. The molecule has 1 aliphatic heterocycles. The molecule has 102 valence electrons. The largest absolute Gasteiger partial charge is 0.495 e. The Hall–Kier alpha value is -1.75. The van der Waals surface area contributed by atoms with Gasteiger partial charge in [-0.05, 0) is 25.0 Å². The van der Waals surface area contributed by atoms with Crippen LogP contribution in [0.3, 0.4) is 0 Å². The minimum atomic E-state index is -0.479. The summed E-state index contributed by atoms with van der Waals surface area (Å²) in [5.41, 5.74) is 1.39. The first-order chi connectivity index (χ1) is 9.01. The highest BCUT2D eigenvalue weighted by Gasteiger charge is 2.27. The number of rotatable bonds is 3. The Labute approximate surface area is 116 Å². The van der Waals surface area contributed by atoms with Crippen LogP contribution >= 0.6 is 11.6 Å². The molecule has 6 heteroatoms. The number of carbonyl (C=O) groups is 2. The van der Waals surface area contributed by atoms with Gasteiger partial charge in [-0.1, -0.05) is 11.6 Å². The fourth-order valence-corrected chi connectivity index (χ4v) is 2.11. The van der Waals surface area contributed by atoms with Crippen molar-refractivity contribution in [3.05, 3.63) is 22.7 Å². The minimum absolute atomic E-state index is 0.0978. The average molecular weight is 283 g/mol. The third kappa shape index (κ3) is 2.98. The quantitative estimate of drug-likeness (QED) is 0.889. The number of aryl methyl sites for hydroxylation is 1. The molecule has 1 fully saturated rings. The van der Waals surface area contributed by atoms with Gasteiger partial charge in [0.25, 0.3) is 0 Å². The van der Waals surface area contributed by atoms with Crippen LogP contribution in [0, 0.1) is 6.92 Å². The second-order valence-corrected chi connectivity index (χ2v) is 4.86. The van der Waals surface area contributed by atoms with Crippen LogP contribution in [0.5, 0.6) is 5.75 Å². The van der Waals surface area contributed by atoms with Crippen molar-refractivity contribution in [2.75, 3.05) is 12.4 Å². The second-order valence-electron chi connectivity index (χ2n) is 4.45. The Bertz CT molecular complexity index is 531. The molecule has 19 heavy (non-hydrogen) atoms. The third-order valence-corrected chi connectivity index (χ3v) is 3.46. The summed E-state index contributed by atoms with van der Waals surface area (Å²) in [6, 6.07) is 2.92. The molecule has 1 atom stereocenters. The highest BCUT2D eigenvalue weighted by Crippen LogP contribution is 2.31. The van der Waals surface area contributed by atoms with Gasteiger partial charge in [0.15, 0.2) is 0 Å². The fraction of sp³-hybridized carbons (Fsp3) is 0.385. The molecule has 1 saturated heterocycles. The Kier molecular flexibility index (Phi) is 3.95. The fourth-order valence-electron chi connectivity index (χ4n) is 1.96.